The van der Waals surface area contributed by atoms with Gasteiger partial charge in [0.25, 0.3) is 0 Å². The summed E-state index contributed by atoms with van der Waals surface area (Å²) in [5.41, 5.74) is 1.60. The van der Waals surface area contributed by atoms with Crippen LogP contribution in [-0.4, -0.2) is 16.5 Å². The van der Waals surface area contributed by atoms with Crippen LogP contribution in [0, 0.1) is 25.2 Å². The van der Waals surface area contributed by atoms with E-state index in [1.807, 2.05) is 0 Å². The summed E-state index contributed by atoms with van der Waals surface area (Å²) in [6, 6.07) is 0. The van der Waals surface area contributed by atoms with Gasteiger partial charge >= 0.3 is 0 Å². The molecule has 0 amide bonds. The number of fused-ring (bicyclic) bond motifs is 1. The monoisotopic (exact) mass is 277 g/mol. The first-order valence-electron chi connectivity index (χ1n) is 6.75. The number of nitrogens with zero attached hydrogens (tertiary/aromatic N) is 2. The molecule has 3 nitrogen and oxygen atoms in total. The van der Waals surface area contributed by atoms with Crippen molar-refractivity contribution >= 4 is 27.4 Å². The van der Waals surface area contributed by atoms with Crippen LogP contribution in [0.5, 0.6) is 0 Å². The van der Waals surface area contributed by atoms with Crippen LogP contribution in [-0.2, 0) is 0 Å². The molecule has 2 rings (SSSR count). The van der Waals surface area contributed by atoms with E-state index in [1.165, 1.54) is 15.8 Å². The second-order valence-corrected chi connectivity index (χ2v) is 7.54. The maximum atomic E-state index is 4.42. The fraction of sp³-hybridized carbons (Fsp3) is 0.600. The third kappa shape index (κ3) is 2.89. The average molecular weight is 277 g/mol. The molecule has 2 aromatic rings. The largest absolute Gasteiger partial charge is 0.369 e. The number of nitrogens with one attached hydrogen (secondary N) is 1. The Balaban J connectivity index is 2.26. The number of aryl methyl sites for hydroxylation is 2. The van der Waals surface area contributed by atoms with E-state index in [1.54, 1.807) is 17.7 Å². The number of hydrogen-bond acceptors (Lipinski definition) is 4. The number of hydrogen-bond donors (Lipinski definition) is 1. The van der Waals surface area contributed by atoms with Gasteiger partial charge in [-0.2, -0.15) is 0 Å². The predicted molar refractivity (Wildman–Crippen MR) is 84.0 cm³/mol. The van der Waals surface area contributed by atoms with Crippen LogP contribution in [0.4, 0.5) is 5.82 Å². The van der Waals surface area contributed by atoms with Gasteiger partial charge in [-0.25, -0.2) is 9.97 Å². The van der Waals surface area contributed by atoms with Crippen LogP contribution < -0.4 is 5.32 Å². The van der Waals surface area contributed by atoms with Crippen molar-refractivity contribution in [2.75, 3.05) is 11.9 Å². The molecule has 1 atom stereocenters. The Labute approximate surface area is 119 Å². The minimum absolute atomic E-state index is 0.304. The fourth-order valence-corrected chi connectivity index (χ4v) is 2.87. The molecule has 0 spiro atoms. The highest BCUT2D eigenvalue weighted by molar-refractivity contribution is 7.18. The van der Waals surface area contributed by atoms with Crippen molar-refractivity contribution in [3.05, 3.63) is 16.8 Å². The molecule has 2 heterocycles. The lowest BCUT2D eigenvalue weighted by molar-refractivity contribution is 0.274. The van der Waals surface area contributed by atoms with Gasteiger partial charge in [-0.05, 0) is 30.7 Å². The van der Waals surface area contributed by atoms with E-state index >= 15 is 0 Å². The highest BCUT2D eigenvalue weighted by Crippen LogP contribution is 2.33. The highest BCUT2D eigenvalue weighted by atomic mass is 32.1. The molecule has 0 fully saturated rings. The van der Waals surface area contributed by atoms with E-state index in [9.17, 15) is 0 Å². The molecule has 0 radical (unpaired) electrons. The molecule has 19 heavy (non-hydrogen) atoms. The van der Waals surface area contributed by atoms with E-state index in [0.717, 1.165) is 17.2 Å². The van der Waals surface area contributed by atoms with Crippen LogP contribution in [0.25, 0.3) is 10.2 Å². The van der Waals surface area contributed by atoms with Gasteiger partial charge in [0, 0.05) is 11.4 Å². The minimum Gasteiger partial charge on any atom is -0.369 e. The minimum atomic E-state index is 0.304. The Bertz CT molecular complexity index is 581. The van der Waals surface area contributed by atoms with E-state index in [2.05, 4.69) is 56.8 Å². The van der Waals surface area contributed by atoms with Crippen molar-refractivity contribution in [2.45, 2.75) is 41.5 Å². The van der Waals surface area contributed by atoms with Gasteiger partial charge in [0.05, 0.1) is 5.39 Å². The molecule has 1 unspecified atom stereocenters. The van der Waals surface area contributed by atoms with Crippen molar-refractivity contribution in [3.63, 3.8) is 0 Å². The zero-order valence-corrected chi connectivity index (χ0v) is 13.5. The molecule has 0 aliphatic heterocycles. The molecule has 0 bridgehead atoms. The number of thiophene rings is 1. The molecular weight excluding hydrogens is 254 g/mol. The topological polar surface area (TPSA) is 37.8 Å². The zero-order chi connectivity index (χ0) is 14.2. The highest BCUT2D eigenvalue weighted by Gasteiger charge is 2.20. The molecule has 0 saturated carbocycles. The van der Waals surface area contributed by atoms with Crippen molar-refractivity contribution < 1.29 is 0 Å². The summed E-state index contributed by atoms with van der Waals surface area (Å²) in [5, 5.41) is 4.69. The lowest BCUT2D eigenvalue weighted by atomic mass is 9.82. The first kappa shape index (κ1) is 14.3. The average Bonchev–Trinajstić information content (AvgIpc) is 2.61. The van der Waals surface area contributed by atoms with Crippen LogP contribution in [0.15, 0.2) is 6.33 Å². The van der Waals surface area contributed by atoms with E-state index in [4.69, 9.17) is 0 Å². The predicted octanol–water partition coefficient (Wildman–Crippen LogP) is 4.40. The van der Waals surface area contributed by atoms with Crippen LogP contribution in [0.1, 0.15) is 38.1 Å². The van der Waals surface area contributed by atoms with E-state index in [-0.39, 0.29) is 0 Å². The van der Waals surface area contributed by atoms with Crippen molar-refractivity contribution in [2.24, 2.45) is 11.3 Å². The molecule has 0 saturated heterocycles. The van der Waals surface area contributed by atoms with E-state index in [0.29, 0.717) is 11.3 Å². The third-order valence-electron chi connectivity index (χ3n) is 4.02. The lowest BCUT2D eigenvalue weighted by Crippen LogP contribution is -2.25. The van der Waals surface area contributed by atoms with Gasteiger partial charge in [0.1, 0.15) is 17.0 Å². The number of rotatable bonds is 3. The summed E-state index contributed by atoms with van der Waals surface area (Å²) in [6.45, 7) is 14.3. The van der Waals surface area contributed by atoms with Crippen molar-refractivity contribution in [1.29, 1.82) is 0 Å². The third-order valence-corrected chi connectivity index (χ3v) is 5.13. The van der Waals surface area contributed by atoms with Crippen LogP contribution in [0.2, 0.25) is 0 Å². The molecule has 1 N–H and O–H groups in total. The zero-order valence-electron chi connectivity index (χ0n) is 12.7. The summed E-state index contributed by atoms with van der Waals surface area (Å²) in [4.78, 5) is 11.2. The van der Waals surface area contributed by atoms with Crippen LogP contribution >= 0.6 is 11.3 Å². The van der Waals surface area contributed by atoms with Crippen molar-refractivity contribution in [3.8, 4) is 0 Å². The first-order valence-corrected chi connectivity index (χ1v) is 7.57. The number of anilines is 1. The van der Waals surface area contributed by atoms with E-state index < -0.39 is 0 Å². The maximum Gasteiger partial charge on any atom is 0.138 e. The fourth-order valence-electron chi connectivity index (χ4n) is 1.87. The molecular formula is C15H23N3S. The van der Waals surface area contributed by atoms with Gasteiger partial charge in [0.2, 0.25) is 0 Å². The molecule has 2 aromatic heterocycles. The Kier molecular flexibility index (Phi) is 3.81. The van der Waals surface area contributed by atoms with Crippen molar-refractivity contribution in [1.82, 2.24) is 9.97 Å². The molecule has 4 heteroatoms. The van der Waals surface area contributed by atoms with Gasteiger partial charge in [-0.1, -0.05) is 27.7 Å². The molecule has 0 aromatic carbocycles. The summed E-state index contributed by atoms with van der Waals surface area (Å²) in [6.07, 6.45) is 1.65. The van der Waals surface area contributed by atoms with Crippen LogP contribution in [0.3, 0.4) is 0 Å². The Morgan fingerprint density at radius 2 is 1.95 bits per heavy atom. The Morgan fingerprint density at radius 1 is 1.26 bits per heavy atom. The molecule has 0 aliphatic carbocycles. The normalized spacial score (nSPS) is 13.8. The Morgan fingerprint density at radius 3 is 2.58 bits per heavy atom. The van der Waals surface area contributed by atoms with Gasteiger partial charge in [-0.3, -0.25) is 0 Å². The standard InChI is InChI=1S/C15H23N3S/c1-9(15(4,5)6)7-16-13-12-10(2)11(3)19-14(12)18-8-17-13/h8-9H,7H2,1-6H3,(H,16,17,18). The smallest absolute Gasteiger partial charge is 0.138 e. The second-order valence-electron chi connectivity index (χ2n) is 6.33. The summed E-state index contributed by atoms with van der Waals surface area (Å²) < 4.78 is 0. The second kappa shape index (κ2) is 5.08. The number of aromatic nitrogens is 2. The summed E-state index contributed by atoms with van der Waals surface area (Å²) in [7, 11) is 0. The lowest BCUT2D eigenvalue weighted by Gasteiger charge is -2.27. The SMILES string of the molecule is Cc1sc2ncnc(NCC(C)C(C)(C)C)c2c1C. The van der Waals surface area contributed by atoms with Gasteiger partial charge in [-0.15, -0.1) is 11.3 Å². The van der Waals surface area contributed by atoms with Gasteiger partial charge in [0.15, 0.2) is 0 Å². The maximum absolute atomic E-state index is 4.42. The summed E-state index contributed by atoms with van der Waals surface area (Å²) >= 11 is 1.74. The quantitative estimate of drug-likeness (QED) is 0.903. The molecule has 104 valence electrons. The molecule has 0 aliphatic rings. The first-order chi connectivity index (χ1) is 8.80. The van der Waals surface area contributed by atoms with Gasteiger partial charge < -0.3 is 5.32 Å². The Hall–Kier alpha value is -1.16. The summed E-state index contributed by atoms with van der Waals surface area (Å²) in [5.74, 6) is 1.56.